The SMILES string of the molecule is CCc1ccc(CNC(=O)[C@@H](N)Cc2cn(Cc3ccccc3)cn2)s1.Cl.Cl. The number of nitrogens with one attached hydrogen (secondary N) is 1. The first-order chi connectivity index (χ1) is 12.6. The van der Waals surface area contributed by atoms with E-state index in [9.17, 15) is 4.79 Å². The van der Waals surface area contributed by atoms with Gasteiger partial charge in [0.15, 0.2) is 0 Å². The summed E-state index contributed by atoms with van der Waals surface area (Å²) in [6.45, 7) is 3.41. The Labute approximate surface area is 182 Å². The number of benzene rings is 1. The highest BCUT2D eigenvalue weighted by Crippen LogP contribution is 2.16. The van der Waals surface area contributed by atoms with Crippen LogP contribution >= 0.6 is 36.2 Å². The van der Waals surface area contributed by atoms with Gasteiger partial charge in [-0.05, 0) is 24.1 Å². The lowest BCUT2D eigenvalue weighted by Gasteiger charge is -2.10. The molecule has 0 aliphatic carbocycles. The van der Waals surface area contributed by atoms with Gasteiger partial charge in [-0.3, -0.25) is 4.79 Å². The number of rotatable bonds is 8. The maximum absolute atomic E-state index is 12.2. The van der Waals surface area contributed by atoms with Crippen LogP contribution in [0.4, 0.5) is 0 Å². The third-order valence-electron chi connectivity index (χ3n) is 4.16. The maximum atomic E-state index is 12.2. The van der Waals surface area contributed by atoms with Crippen molar-refractivity contribution >= 4 is 42.1 Å². The van der Waals surface area contributed by atoms with Gasteiger partial charge in [0.2, 0.25) is 5.91 Å². The molecule has 0 bridgehead atoms. The lowest BCUT2D eigenvalue weighted by Crippen LogP contribution is -2.41. The van der Waals surface area contributed by atoms with Crippen molar-refractivity contribution in [3.8, 4) is 0 Å². The average molecular weight is 441 g/mol. The van der Waals surface area contributed by atoms with Gasteiger partial charge in [-0.1, -0.05) is 37.3 Å². The number of carbonyl (C=O) groups excluding carboxylic acids is 1. The van der Waals surface area contributed by atoms with E-state index in [2.05, 4.69) is 41.5 Å². The summed E-state index contributed by atoms with van der Waals surface area (Å²) in [5.41, 5.74) is 8.08. The van der Waals surface area contributed by atoms with Gasteiger partial charge >= 0.3 is 0 Å². The molecule has 2 heterocycles. The number of thiophene rings is 1. The molecule has 0 fully saturated rings. The summed E-state index contributed by atoms with van der Waals surface area (Å²) in [5, 5.41) is 2.91. The summed E-state index contributed by atoms with van der Waals surface area (Å²) in [7, 11) is 0. The van der Waals surface area contributed by atoms with Crippen LogP contribution in [-0.2, 0) is 30.7 Å². The van der Waals surface area contributed by atoms with Gasteiger partial charge in [0.05, 0.1) is 24.6 Å². The van der Waals surface area contributed by atoms with Crippen molar-refractivity contribution in [2.24, 2.45) is 5.73 Å². The molecule has 0 spiro atoms. The molecule has 5 nitrogen and oxygen atoms in total. The number of amides is 1. The van der Waals surface area contributed by atoms with Crippen LogP contribution in [0.2, 0.25) is 0 Å². The summed E-state index contributed by atoms with van der Waals surface area (Å²) >= 11 is 1.72. The molecule has 3 rings (SSSR count). The van der Waals surface area contributed by atoms with Gasteiger partial charge < -0.3 is 15.6 Å². The molecular weight excluding hydrogens is 415 g/mol. The third-order valence-corrected chi connectivity index (χ3v) is 5.39. The number of aromatic nitrogens is 2. The molecule has 0 saturated carbocycles. The minimum Gasteiger partial charge on any atom is -0.350 e. The van der Waals surface area contributed by atoms with Gasteiger partial charge in [-0.2, -0.15) is 0 Å². The second-order valence-electron chi connectivity index (χ2n) is 6.27. The molecule has 0 aliphatic rings. The molecule has 3 N–H and O–H groups in total. The smallest absolute Gasteiger partial charge is 0.237 e. The highest BCUT2D eigenvalue weighted by Gasteiger charge is 2.15. The Morgan fingerprint density at radius 2 is 1.89 bits per heavy atom. The molecule has 28 heavy (non-hydrogen) atoms. The summed E-state index contributed by atoms with van der Waals surface area (Å²) in [4.78, 5) is 19.1. The molecule has 0 unspecified atom stereocenters. The first kappa shape index (κ1) is 24.2. The van der Waals surface area contributed by atoms with Gasteiger partial charge in [-0.25, -0.2) is 4.98 Å². The van der Waals surface area contributed by atoms with Crippen LogP contribution in [0.1, 0.15) is 27.9 Å². The van der Waals surface area contributed by atoms with Crippen LogP contribution in [0, 0.1) is 0 Å². The van der Waals surface area contributed by atoms with E-state index < -0.39 is 6.04 Å². The van der Waals surface area contributed by atoms with Crippen molar-refractivity contribution in [3.05, 3.63) is 76.0 Å². The molecule has 0 aliphatic heterocycles. The molecule has 1 atom stereocenters. The summed E-state index contributed by atoms with van der Waals surface area (Å²) in [6, 6.07) is 13.8. The van der Waals surface area contributed by atoms with Crippen LogP contribution in [0.3, 0.4) is 0 Å². The molecular formula is C20H26Cl2N4OS. The van der Waals surface area contributed by atoms with E-state index in [-0.39, 0.29) is 30.7 Å². The highest BCUT2D eigenvalue weighted by molar-refractivity contribution is 7.11. The Hall–Kier alpha value is -1.86. The van der Waals surface area contributed by atoms with E-state index in [1.54, 1.807) is 17.7 Å². The number of imidazole rings is 1. The molecule has 2 aromatic heterocycles. The van der Waals surface area contributed by atoms with E-state index >= 15 is 0 Å². The fourth-order valence-electron chi connectivity index (χ4n) is 2.72. The monoisotopic (exact) mass is 440 g/mol. The summed E-state index contributed by atoms with van der Waals surface area (Å²) in [6.07, 6.45) is 5.18. The number of nitrogens with zero attached hydrogens (tertiary/aromatic N) is 2. The maximum Gasteiger partial charge on any atom is 0.237 e. The van der Waals surface area contributed by atoms with Crippen molar-refractivity contribution < 1.29 is 4.79 Å². The molecule has 8 heteroatoms. The number of carbonyl (C=O) groups is 1. The van der Waals surface area contributed by atoms with E-state index in [0.29, 0.717) is 13.0 Å². The Bertz CT molecular complexity index is 851. The van der Waals surface area contributed by atoms with E-state index in [0.717, 1.165) is 23.5 Å². The molecule has 0 saturated heterocycles. The fraction of sp³-hybridized carbons (Fsp3) is 0.300. The molecule has 0 radical (unpaired) electrons. The normalized spacial score (nSPS) is 11.2. The number of hydrogen-bond donors (Lipinski definition) is 2. The predicted octanol–water partition coefficient (Wildman–Crippen LogP) is 3.59. The third kappa shape index (κ3) is 6.95. The molecule has 1 amide bonds. The van der Waals surface area contributed by atoms with Crippen molar-refractivity contribution in [3.63, 3.8) is 0 Å². The lowest BCUT2D eigenvalue weighted by atomic mass is 10.1. The Morgan fingerprint density at radius 3 is 2.57 bits per heavy atom. The van der Waals surface area contributed by atoms with Gasteiger partial charge in [0, 0.05) is 28.9 Å². The zero-order chi connectivity index (χ0) is 18.4. The zero-order valence-electron chi connectivity index (χ0n) is 15.7. The van der Waals surface area contributed by atoms with E-state index in [1.165, 1.54) is 10.4 Å². The number of aryl methyl sites for hydroxylation is 1. The standard InChI is InChI=1S/C20H24N4OS.2ClH/c1-2-17-8-9-18(26-17)11-22-20(25)19(21)10-16-13-24(14-23-16)12-15-6-4-3-5-7-15;;/h3-9,13-14,19H,2,10-12,21H2,1H3,(H,22,25);2*1H/t19-;;/m0../s1. The van der Waals surface area contributed by atoms with Crippen LogP contribution in [0.15, 0.2) is 55.0 Å². The van der Waals surface area contributed by atoms with Crippen molar-refractivity contribution in [1.29, 1.82) is 0 Å². The van der Waals surface area contributed by atoms with E-state index in [4.69, 9.17) is 5.73 Å². The molecule has 1 aromatic carbocycles. The van der Waals surface area contributed by atoms with Gasteiger partial charge in [0.1, 0.15) is 0 Å². The topological polar surface area (TPSA) is 72.9 Å². The number of hydrogen-bond acceptors (Lipinski definition) is 4. The minimum absolute atomic E-state index is 0. The highest BCUT2D eigenvalue weighted by atomic mass is 35.5. The second kappa shape index (κ2) is 11.9. The van der Waals surface area contributed by atoms with Crippen LogP contribution < -0.4 is 11.1 Å². The van der Waals surface area contributed by atoms with Crippen molar-refractivity contribution in [2.75, 3.05) is 0 Å². The largest absolute Gasteiger partial charge is 0.350 e. The van der Waals surface area contributed by atoms with Crippen molar-refractivity contribution in [2.45, 2.75) is 38.9 Å². The van der Waals surface area contributed by atoms with Gasteiger partial charge in [0.25, 0.3) is 0 Å². The molecule has 152 valence electrons. The Morgan fingerprint density at radius 1 is 1.18 bits per heavy atom. The average Bonchev–Trinajstić information content (AvgIpc) is 3.29. The first-order valence-corrected chi connectivity index (χ1v) is 9.61. The zero-order valence-corrected chi connectivity index (χ0v) is 18.2. The second-order valence-corrected chi connectivity index (χ2v) is 7.53. The first-order valence-electron chi connectivity index (χ1n) is 8.79. The number of nitrogens with two attached hydrogens (primary N) is 1. The Kier molecular flexibility index (Phi) is 10.2. The predicted molar refractivity (Wildman–Crippen MR) is 119 cm³/mol. The van der Waals surface area contributed by atoms with Crippen LogP contribution in [0.5, 0.6) is 0 Å². The lowest BCUT2D eigenvalue weighted by molar-refractivity contribution is -0.122. The van der Waals surface area contributed by atoms with Crippen molar-refractivity contribution in [1.82, 2.24) is 14.9 Å². The van der Waals surface area contributed by atoms with Crippen LogP contribution in [0.25, 0.3) is 0 Å². The minimum atomic E-state index is -0.597. The molecule has 3 aromatic rings. The fourth-order valence-corrected chi connectivity index (χ4v) is 3.62. The Balaban J connectivity index is 0.00000196. The van der Waals surface area contributed by atoms with E-state index in [1.807, 2.05) is 29.0 Å². The summed E-state index contributed by atoms with van der Waals surface area (Å²) < 4.78 is 2.01. The number of halogens is 2. The van der Waals surface area contributed by atoms with Gasteiger partial charge in [-0.15, -0.1) is 36.2 Å². The quantitative estimate of drug-likeness (QED) is 0.561. The summed E-state index contributed by atoms with van der Waals surface area (Å²) in [5.74, 6) is -0.144. The van der Waals surface area contributed by atoms with Crippen LogP contribution in [-0.4, -0.2) is 21.5 Å².